The van der Waals surface area contributed by atoms with Gasteiger partial charge in [0.2, 0.25) is 5.91 Å². The molecule has 2 bridgehead atoms. The minimum absolute atomic E-state index is 0.0882. The molecule has 1 saturated carbocycles. The fraction of sp³-hybridized carbons (Fsp3) is 0.571. The second-order valence-electron chi connectivity index (χ2n) is 8.92. The Balaban J connectivity index is 1.55. The van der Waals surface area contributed by atoms with E-state index in [1.807, 2.05) is 0 Å². The Kier molecular flexibility index (Phi) is 2.64. The molecule has 7 rings (SSSR count). The van der Waals surface area contributed by atoms with Gasteiger partial charge in [0.15, 0.2) is 0 Å². The minimum Gasteiger partial charge on any atom is -0.373 e. The van der Waals surface area contributed by atoms with Crippen LogP contribution in [-0.4, -0.2) is 48.7 Å². The molecule has 4 nitrogen and oxygen atoms in total. The summed E-state index contributed by atoms with van der Waals surface area (Å²) in [6.45, 7) is 2.93. The van der Waals surface area contributed by atoms with E-state index in [-0.39, 0.29) is 23.5 Å². The van der Waals surface area contributed by atoms with E-state index in [4.69, 9.17) is 4.74 Å². The average molecular weight is 413 g/mol. The van der Waals surface area contributed by atoms with Gasteiger partial charge in [0.25, 0.3) is 0 Å². The van der Waals surface area contributed by atoms with Crippen LogP contribution in [0.1, 0.15) is 24.8 Å². The van der Waals surface area contributed by atoms with Crippen molar-refractivity contribution in [1.29, 1.82) is 0 Å². The van der Waals surface area contributed by atoms with Crippen LogP contribution in [0.25, 0.3) is 0 Å². The first-order chi connectivity index (χ1) is 12.7. The Morgan fingerprint density at radius 1 is 1.31 bits per heavy atom. The highest BCUT2D eigenvalue weighted by molar-refractivity contribution is 9.10. The number of hydrogen-bond acceptors (Lipinski definition) is 3. The summed E-state index contributed by atoms with van der Waals surface area (Å²) >= 11 is 3.70. The maximum absolute atomic E-state index is 13.2. The molecular weight excluding hydrogens is 392 g/mol. The van der Waals surface area contributed by atoms with Crippen molar-refractivity contribution in [1.82, 2.24) is 4.90 Å². The Morgan fingerprint density at radius 3 is 3.15 bits per heavy atom. The van der Waals surface area contributed by atoms with Crippen molar-refractivity contribution in [2.75, 3.05) is 24.6 Å². The molecule has 0 aromatic heterocycles. The lowest BCUT2D eigenvalue weighted by atomic mass is 9.53. The fourth-order valence-electron chi connectivity index (χ4n) is 7.52. The van der Waals surface area contributed by atoms with Crippen molar-refractivity contribution in [3.63, 3.8) is 0 Å². The highest BCUT2D eigenvalue weighted by Crippen LogP contribution is 2.65. The van der Waals surface area contributed by atoms with Gasteiger partial charge in [-0.3, -0.25) is 9.69 Å². The maximum Gasteiger partial charge on any atom is 0.229 e. The van der Waals surface area contributed by atoms with E-state index in [0.29, 0.717) is 30.9 Å². The first kappa shape index (κ1) is 14.8. The van der Waals surface area contributed by atoms with E-state index >= 15 is 0 Å². The van der Waals surface area contributed by atoms with E-state index < -0.39 is 0 Å². The fourth-order valence-corrected chi connectivity index (χ4v) is 7.88. The standard InChI is InChI=1S/C21H21BrN2O2/c22-12-1-2-15-14(7-12)21-4-5-23-10-11-3-6-26-16-9-18(25)24(15)20(21)19(16)13(11)8-17(21)23/h1-3,7,13,16-17,19-20H,4-6,8-10H2/t13-,16-,17-,19-,20-,21?/m0/s1. The average Bonchev–Trinajstić information content (AvgIpc) is 3.09. The van der Waals surface area contributed by atoms with Gasteiger partial charge in [-0.25, -0.2) is 0 Å². The Hall–Kier alpha value is -1.17. The van der Waals surface area contributed by atoms with Crippen LogP contribution in [0.3, 0.4) is 0 Å². The molecule has 134 valence electrons. The zero-order valence-corrected chi connectivity index (χ0v) is 16.1. The number of carbonyl (C=O) groups is 1. The normalized spacial score (nSPS) is 44.7. The van der Waals surface area contributed by atoms with Gasteiger partial charge in [0.1, 0.15) is 0 Å². The molecule has 4 fully saturated rings. The van der Waals surface area contributed by atoms with Crippen molar-refractivity contribution in [2.45, 2.75) is 42.9 Å². The van der Waals surface area contributed by atoms with E-state index in [2.05, 4.69) is 50.0 Å². The van der Waals surface area contributed by atoms with Gasteiger partial charge in [-0.15, -0.1) is 0 Å². The number of anilines is 1. The number of piperidine rings is 2. The van der Waals surface area contributed by atoms with Gasteiger partial charge in [-0.1, -0.05) is 27.6 Å². The van der Waals surface area contributed by atoms with Crippen LogP contribution in [-0.2, 0) is 14.9 Å². The maximum atomic E-state index is 13.2. The van der Waals surface area contributed by atoms with Crippen LogP contribution in [0, 0.1) is 11.8 Å². The van der Waals surface area contributed by atoms with Crippen molar-refractivity contribution in [2.24, 2.45) is 11.8 Å². The van der Waals surface area contributed by atoms with Crippen LogP contribution in [0.5, 0.6) is 0 Å². The molecule has 3 saturated heterocycles. The van der Waals surface area contributed by atoms with E-state index in [1.54, 1.807) is 5.57 Å². The summed E-state index contributed by atoms with van der Waals surface area (Å²) < 4.78 is 7.39. The number of carbonyl (C=O) groups excluding carboxylic acids is 1. The predicted molar refractivity (Wildman–Crippen MR) is 101 cm³/mol. The number of fused-ring (bicyclic) bond motifs is 2. The van der Waals surface area contributed by atoms with Crippen LogP contribution in [0.2, 0.25) is 0 Å². The monoisotopic (exact) mass is 412 g/mol. The van der Waals surface area contributed by atoms with Gasteiger partial charge in [0, 0.05) is 34.1 Å². The number of rotatable bonds is 0. The topological polar surface area (TPSA) is 32.8 Å². The van der Waals surface area contributed by atoms with Crippen LogP contribution in [0.15, 0.2) is 34.3 Å². The largest absolute Gasteiger partial charge is 0.373 e. The van der Waals surface area contributed by atoms with Gasteiger partial charge in [0.05, 0.1) is 25.2 Å². The summed E-state index contributed by atoms with van der Waals surface area (Å²) in [4.78, 5) is 18.1. The van der Waals surface area contributed by atoms with Gasteiger partial charge in [-0.05, 0) is 49.1 Å². The molecule has 5 heterocycles. The smallest absolute Gasteiger partial charge is 0.229 e. The number of benzene rings is 1. The predicted octanol–water partition coefficient (Wildman–Crippen LogP) is 2.86. The molecule has 26 heavy (non-hydrogen) atoms. The van der Waals surface area contributed by atoms with Crippen LogP contribution < -0.4 is 4.90 Å². The summed E-state index contributed by atoms with van der Waals surface area (Å²) in [6.07, 6.45) is 5.36. The third-order valence-electron chi connectivity index (χ3n) is 8.27. The van der Waals surface area contributed by atoms with E-state index in [9.17, 15) is 4.79 Å². The third-order valence-corrected chi connectivity index (χ3v) is 8.76. The lowest BCUT2D eigenvalue weighted by molar-refractivity contribution is -0.132. The lowest BCUT2D eigenvalue weighted by Crippen LogP contribution is -2.69. The van der Waals surface area contributed by atoms with Crippen molar-refractivity contribution >= 4 is 27.5 Å². The molecule has 1 amide bonds. The van der Waals surface area contributed by atoms with Crippen molar-refractivity contribution in [3.8, 4) is 0 Å². The van der Waals surface area contributed by atoms with Gasteiger partial charge < -0.3 is 9.64 Å². The molecule has 5 aliphatic heterocycles. The summed E-state index contributed by atoms with van der Waals surface area (Å²) in [5.74, 6) is 1.30. The number of ether oxygens (including phenoxy) is 1. The Morgan fingerprint density at radius 2 is 2.23 bits per heavy atom. The Bertz CT molecular complexity index is 898. The second-order valence-corrected chi connectivity index (χ2v) is 9.84. The first-order valence-electron chi connectivity index (χ1n) is 9.85. The number of amides is 1. The van der Waals surface area contributed by atoms with E-state index in [0.717, 1.165) is 17.6 Å². The summed E-state index contributed by atoms with van der Waals surface area (Å²) in [7, 11) is 0. The molecule has 1 unspecified atom stereocenters. The third kappa shape index (κ3) is 1.48. The molecule has 1 aliphatic carbocycles. The molecule has 1 spiro atoms. The highest BCUT2D eigenvalue weighted by atomic mass is 79.9. The quantitative estimate of drug-likeness (QED) is 0.614. The first-order valence-corrected chi connectivity index (χ1v) is 10.6. The molecule has 1 aromatic carbocycles. The van der Waals surface area contributed by atoms with Crippen LogP contribution >= 0.6 is 15.9 Å². The molecule has 5 heteroatoms. The van der Waals surface area contributed by atoms with Crippen LogP contribution in [0.4, 0.5) is 5.69 Å². The van der Waals surface area contributed by atoms with Crippen molar-refractivity contribution < 1.29 is 9.53 Å². The molecule has 1 aromatic rings. The molecule has 6 aliphatic rings. The molecule has 6 atom stereocenters. The SMILES string of the molecule is O=C1C[C@@H]2OCC=C3CN4CCC56c7cc(Br)ccc7N1[C@H]5[C@H]2[C@H]3C[C@H]46. The van der Waals surface area contributed by atoms with Gasteiger partial charge in [-0.2, -0.15) is 0 Å². The van der Waals surface area contributed by atoms with E-state index in [1.165, 1.54) is 24.1 Å². The number of hydrogen-bond donors (Lipinski definition) is 0. The summed E-state index contributed by atoms with van der Waals surface area (Å²) in [5.41, 5.74) is 4.25. The van der Waals surface area contributed by atoms with Crippen molar-refractivity contribution in [3.05, 3.63) is 39.9 Å². The molecular formula is C21H21BrN2O2. The summed E-state index contributed by atoms with van der Waals surface area (Å²) in [5, 5.41) is 0. The number of halogens is 1. The highest BCUT2D eigenvalue weighted by Gasteiger charge is 2.70. The van der Waals surface area contributed by atoms with Gasteiger partial charge >= 0.3 is 0 Å². The Labute approximate surface area is 161 Å². The lowest BCUT2D eigenvalue weighted by Gasteiger charge is -2.58. The second kappa shape index (κ2) is 4.62. The molecule has 0 N–H and O–H groups in total. The summed E-state index contributed by atoms with van der Waals surface area (Å²) in [6, 6.07) is 7.41. The zero-order chi connectivity index (χ0) is 17.2. The zero-order valence-electron chi connectivity index (χ0n) is 14.5. The number of nitrogens with zero attached hydrogens (tertiary/aromatic N) is 2. The molecule has 0 radical (unpaired) electrons. The minimum atomic E-state index is 0.0882.